The summed E-state index contributed by atoms with van der Waals surface area (Å²) < 4.78 is 0. The zero-order chi connectivity index (χ0) is 12.4. The lowest BCUT2D eigenvalue weighted by molar-refractivity contribution is -0.138. The summed E-state index contributed by atoms with van der Waals surface area (Å²) in [6.07, 6.45) is 2.00. The van der Waals surface area contributed by atoms with Gasteiger partial charge in [0.15, 0.2) is 0 Å². The highest BCUT2D eigenvalue weighted by Gasteiger charge is 2.37. The highest BCUT2D eigenvalue weighted by molar-refractivity contribution is 5.80. The Bertz CT molecular complexity index is 283. The molecule has 2 saturated heterocycles. The van der Waals surface area contributed by atoms with Gasteiger partial charge in [-0.2, -0.15) is 0 Å². The molecule has 17 heavy (non-hydrogen) atoms. The fraction of sp³-hybridized carbons (Fsp3) is 0.923. The third-order valence-electron chi connectivity index (χ3n) is 4.27. The molecule has 0 aromatic carbocycles. The Balaban J connectivity index is 1.99. The standard InChI is InChI=1S/C13H24N2O2/c1-9-5-11(7-14-6-9)13(17)15-4-3-10(2)12(15)8-16/h9-12,14,16H,3-8H2,1-2H3. The first-order valence-corrected chi connectivity index (χ1v) is 6.75. The molecule has 2 aliphatic rings. The van der Waals surface area contributed by atoms with Crippen molar-refractivity contribution >= 4 is 5.91 Å². The lowest BCUT2D eigenvalue weighted by Crippen LogP contribution is -2.48. The summed E-state index contributed by atoms with van der Waals surface area (Å²) in [7, 11) is 0. The first kappa shape index (κ1) is 12.8. The smallest absolute Gasteiger partial charge is 0.227 e. The molecule has 2 heterocycles. The molecular weight excluding hydrogens is 216 g/mol. The quantitative estimate of drug-likeness (QED) is 0.737. The SMILES string of the molecule is CC1CNCC(C(=O)N2CCC(C)C2CO)C1. The van der Waals surface area contributed by atoms with E-state index in [1.165, 1.54) is 0 Å². The second-order valence-electron chi connectivity index (χ2n) is 5.74. The number of rotatable bonds is 2. The number of amides is 1. The molecule has 1 amide bonds. The van der Waals surface area contributed by atoms with Crippen LogP contribution in [0.2, 0.25) is 0 Å². The Hall–Kier alpha value is -0.610. The summed E-state index contributed by atoms with van der Waals surface area (Å²) in [6, 6.07) is 0.0414. The lowest BCUT2D eigenvalue weighted by Gasteiger charge is -2.33. The van der Waals surface area contributed by atoms with Crippen LogP contribution in [-0.4, -0.2) is 48.2 Å². The van der Waals surface area contributed by atoms with Gasteiger partial charge in [0.05, 0.1) is 18.6 Å². The van der Waals surface area contributed by atoms with Crippen molar-refractivity contribution in [3.63, 3.8) is 0 Å². The number of nitrogens with one attached hydrogen (secondary N) is 1. The molecule has 4 nitrogen and oxygen atoms in total. The van der Waals surface area contributed by atoms with Gasteiger partial charge in [0, 0.05) is 13.1 Å². The largest absolute Gasteiger partial charge is 0.394 e. The fourth-order valence-electron chi connectivity index (χ4n) is 3.14. The highest BCUT2D eigenvalue weighted by Crippen LogP contribution is 2.27. The molecule has 0 bridgehead atoms. The number of piperidine rings is 1. The molecule has 4 atom stereocenters. The van der Waals surface area contributed by atoms with Gasteiger partial charge >= 0.3 is 0 Å². The summed E-state index contributed by atoms with van der Waals surface area (Å²) >= 11 is 0. The molecule has 2 aliphatic heterocycles. The van der Waals surface area contributed by atoms with Gasteiger partial charge in [0.1, 0.15) is 0 Å². The highest BCUT2D eigenvalue weighted by atomic mass is 16.3. The Labute approximate surface area is 103 Å². The normalized spacial score (nSPS) is 38.4. The topological polar surface area (TPSA) is 52.6 Å². The van der Waals surface area contributed by atoms with Crippen LogP contribution in [0.1, 0.15) is 26.7 Å². The molecule has 2 N–H and O–H groups in total. The van der Waals surface area contributed by atoms with E-state index in [-0.39, 0.29) is 24.5 Å². The Morgan fingerprint density at radius 2 is 2.18 bits per heavy atom. The van der Waals surface area contributed by atoms with E-state index < -0.39 is 0 Å². The third-order valence-corrected chi connectivity index (χ3v) is 4.27. The van der Waals surface area contributed by atoms with Crippen LogP contribution in [-0.2, 0) is 4.79 Å². The van der Waals surface area contributed by atoms with Crippen molar-refractivity contribution < 1.29 is 9.90 Å². The molecular formula is C13H24N2O2. The van der Waals surface area contributed by atoms with Crippen LogP contribution < -0.4 is 5.32 Å². The van der Waals surface area contributed by atoms with E-state index in [9.17, 15) is 9.90 Å². The number of carbonyl (C=O) groups excluding carboxylic acids is 1. The minimum Gasteiger partial charge on any atom is -0.394 e. The van der Waals surface area contributed by atoms with E-state index >= 15 is 0 Å². The fourth-order valence-corrected chi connectivity index (χ4v) is 3.14. The van der Waals surface area contributed by atoms with E-state index in [4.69, 9.17) is 0 Å². The Kier molecular flexibility index (Phi) is 4.05. The van der Waals surface area contributed by atoms with Crippen molar-refractivity contribution in [2.75, 3.05) is 26.2 Å². The van der Waals surface area contributed by atoms with Crippen LogP contribution in [0.25, 0.3) is 0 Å². The zero-order valence-corrected chi connectivity index (χ0v) is 10.9. The molecule has 2 rings (SSSR count). The second kappa shape index (κ2) is 5.36. The van der Waals surface area contributed by atoms with Gasteiger partial charge in [-0.25, -0.2) is 0 Å². The average Bonchev–Trinajstić information content (AvgIpc) is 2.69. The van der Waals surface area contributed by atoms with Gasteiger partial charge < -0.3 is 15.3 Å². The van der Waals surface area contributed by atoms with Crippen LogP contribution in [0.5, 0.6) is 0 Å². The Morgan fingerprint density at radius 3 is 2.82 bits per heavy atom. The van der Waals surface area contributed by atoms with E-state index in [0.29, 0.717) is 11.8 Å². The van der Waals surface area contributed by atoms with E-state index in [1.54, 1.807) is 0 Å². The summed E-state index contributed by atoms with van der Waals surface area (Å²) in [5.74, 6) is 1.36. The van der Waals surface area contributed by atoms with Gasteiger partial charge in [0.2, 0.25) is 5.91 Å². The summed E-state index contributed by atoms with van der Waals surface area (Å²) in [4.78, 5) is 14.3. The molecule has 2 fully saturated rings. The minimum absolute atomic E-state index is 0.0414. The second-order valence-corrected chi connectivity index (χ2v) is 5.74. The predicted molar refractivity (Wildman–Crippen MR) is 66.5 cm³/mol. The van der Waals surface area contributed by atoms with Gasteiger partial charge in [-0.3, -0.25) is 4.79 Å². The number of aliphatic hydroxyl groups is 1. The monoisotopic (exact) mass is 240 g/mol. The third kappa shape index (κ3) is 2.63. The van der Waals surface area contributed by atoms with Crippen molar-refractivity contribution in [2.24, 2.45) is 17.8 Å². The molecule has 0 saturated carbocycles. The molecule has 4 unspecified atom stereocenters. The van der Waals surface area contributed by atoms with Crippen LogP contribution in [0.4, 0.5) is 0 Å². The minimum atomic E-state index is 0.0414. The molecule has 0 aliphatic carbocycles. The van der Waals surface area contributed by atoms with Gasteiger partial charge in [-0.05, 0) is 31.2 Å². The number of carbonyl (C=O) groups is 1. The molecule has 0 aromatic heterocycles. The van der Waals surface area contributed by atoms with Gasteiger partial charge in [0.25, 0.3) is 0 Å². The number of hydrogen-bond acceptors (Lipinski definition) is 3. The lowest BCUT2D eigenvalue weighted by atomic mass is 9.90. The summed E-state index contributed by atoms with van der Waals surface area (Å²) in [5, 5.41) is 12.7. The maximum absolute atomic E-state index is 12.4. The van der Waals surface area contributed by atoms with Crippen molar-refractivity contribution in [3.05, 3.63) is 0 Å². The van der Waals surface area contributed by atoms with Crippen LogP contribution in [0.15, 0.2) is 0 Å². The number of nitrogens with zero attached hydrogens (tertiary/aromatic N) is 1. The van der Waals surface area contributed by atoms with Crippen LogP contribution in [0, 0.1) is 17.8 Å². The van der Waals surface area contributed by atoms with Gasteiger partial charge in [-0.1, -0.05) is 13.8 Å². The predicted octanol–water partition coefficient (Wildman–Crippen LogP) is 0.461. The van der Waals surface area contributed by atoms with Crippen LogP contribution >= 0.6 is 0 Å². The van der Waals surface area contributed by atoms with E-state index in [0.717, 1.165) is 32.5 Å². The van der Waals surface area contributed by atoms with Crippen molar-refractivity contribution in [2.45, 2.75) is 32.7 Å². The molecule has 0 aromatic rings. The molecule has 0 radical (unpaired) electrons. The molecule has 0 spiro atoms. The molecule has 98 valence electrons. The van der Waals surface area contributed by atoms with Crippen LogP contribution in [0.3, 0.4) is 0 Å². The average molecular weight is 240 g/mol. The van der Waals surface area contributed by atoms with Crippen molar-refractivity contribution in [3.8, 4) is 0 Å². The number of hydrogen-bond donors (Lipinski definition) is 2. The van der Waals surface area contributed by atoms with E-state index in [1.807, 2.05) is 4.90 Å². The van der Waals surface area contributed by atoms with Gasteiger partial charge in [-0.15, -0.1) is 0 Å². The first-order valence-electron chi connectivity index (χ1n) is 6.75. The zero-order valence-electron chi connectivity index (χ0n) is 10.9. The van der Waals surface area contributed by atoms with E-state index in [2.05, 4.69) is 19.2 Å². The molecule has 4 heteroatoms. The van der Waals surface area contributed by atoms with Crippen molar-refractivity contribution in [1.29, 1.82) is 0 Å². The maximum atomic E-state index is 12.4. The summed E-state index contributed by atoms with van der Waals surface area (Å²) in [6.45, 7) is 7.03. The number of aliphatic hydroxyl groups excluding tert-OH is 1. The number of likely N-dealkylation sites (tertiary alicyclic amines) is 1. The Morgan fingerprint density at radius 1 is 1.41 bits per heavy atom. The summed E-state index contributed by atoms with van der Waals surface area (Å²) in [5.41, 5.74) is 0. The first-order chi connectivity index (χ1) is 8.13. The van der Waals surface area contributed by atoms with Crippen molar-refractivity contribution in [1.82, 2.24) is 10.2 Å². The maximum Gasteiger partial charge on any atom is 0.227 e.